The van der Waals surface area contributed by atoms with E-state index < -0.39 is 0 Å². The van der Waals surface area contributed by atoms with E-state index >= 15 is 0 Å². The predicted octanol–water partition coefficient (Wildman–Crippen LogP) is 2.48. The summed E-state index contributed by atoms with van der Waals surface area (Å²) in [5.74, 6) is 2.23. The Labute approximate surface area is 116 Å². The highest BCUT2D eigenvalue weighted by Gasteiger charge is 2.06. The second-order valence-corrected chi connectivity index (χ2v) is 4.53. The summed E-state index contributed by atoms with van der Waals surface area (Å²) in [5, 5.41) is 7.57. The molecule has 0 saturated heterocycles. The second kappa shape index (κ2) is 5.16. The summed E-state index contributed by atoms with van der Waals surface area (Å²) in [4.78, 5) is 8.70. The first-order valence-corrected chi connectivity index (χ1v) is 6.34. The summed E-state index contributed by atoms with van der Waals surface area (Å²) in [7, 11) is 0. The lowest BCUT2D eigenvalue weighted by molar-refractivity contribution is 0.517. The van der Waals surface area contributed by atoms with E-state index in [1.807, 2.05) is 32.0 Å². The van der Waals surface area contributed by atoms with Crippen molar-refractivity contribution in [3.05, 3.63) is 54.0 Å². The lowest BCUT2D eigenvalue weighted by atomic mass is 10.4. The Bertz CT molecular complexity index is 702. The van der Waals surface area contributed by atoms with Gasteiger partial charge in [-0.15, -0.1) is 0 Å². The van der Waals surface area contributed by atoms with E-state index in [-0.39, 0.29) is 0 Å². The van der Waals surface area contributed by atoms with Crippen molar-refractivity contribution in [3.63, 3.8) is 0 Å². The Morgan fingerprint density at radius 1 is 1.30 bits per heavy atom. The Kier molecular flexibility index (Phi) is 3.20. The molecule has 6 nitrogen and oxygen atoms in total. The van der Waals surface area contributed by atoms with Crippen LogP contribution in [0.25, 0.3) is 5.82 Å². The average Bonchev–Trinajstić information content (AvgIpc) is 3.06. The Morgan fingerprint density at radius 2 is 2.20 bits per heavy atom. The second-order valence-electron chi connectivity index (χ2n) is 4.53. The first-order chi connectivity index (χ1) is 9.72. The molecule has 6 heteroatoms. The summed E-state index contributed by atoms with van der Waals surface area (Å²) in [6.45, 7) is 4.52. The van der Waals surface area contributed by atoms with Crippen LogP contribution in [0.1, 0.15) is 17.1 Å². The SMILES string of the molecule is Cc1cc(C)n(-c2cncc(NCc3ccco3)n2)n1. The minimum absolute atomic E-state index is 0.572. The minimum atomic E-state index is 0.572. The number of rotatable bonds is 4. The Balaban J connectivity index is 1.80. The van der Waals surface area contributed by atoms with Gasteiger partial charge in [-0.05, 0) is 32.0 Å². The lowest BCUT2D eigenvalue weighted by Crippen LogP contribution is -2.06. The molecule has 0 unspecified atom stereocenters. The number of anilines is 1. The minimum Gasteiger partial charge on any atom is -0.467 e. The third kappa shape index (κ3) is 2.54. The highest BCUT2D eigenvalue weighted by atomic mass is 16.3. The number of hydrogen-bond donors (Lipinski definition) is 1. The molecule has 0 fully saturated rings. The molecular weight excluding hydrogens is 254 g/mol. The summed E-state index contributed by atoms with van der Waals surface area (Å²) < 4.78 is 7.04. The van der Waals surface area contributed by atoms with Gasteiger partial charge < -0.3 is 9.73 Å². The maximum atomic E-state index is 5.26. The molecule has 20 heavy (non-hydrogen) atoms. The number of aromatic nitrogens is 4. The molecule has 0 amide bonds. The van der Waals surface area contributed by atoms with Gasteiger partial charge in [-0.25, -0.2) is 9.67 Å². The summed E-state index contributed by atoms with van der Waals surface area (Å²) in [6, 6.07) is 5.77. The van der Waals surface area contributed by atoms with Crippen LogP contribution in [0.3, 0.4) is 0 Å². The van der Waals surface area contributed by atoms with Gasteiger partial charge in [-0.2, -0.15) is 5.10 Å². The average molecular weight is 269 g/mol. The van der Waals surface area contributed by atoms with Crippen LogP contribution in [0.4, 0.5) is 5.82 Å². The molecule has 0 atom stereocenters. The van der Waals surface area contributed by atoms with Crippen LogP contribution in [0.2, 0.25) is 0 Å². The van der Waals surface area contributed by atoms with E-state index in [9.17, 15) is 0 Å². The molecular formula is C14H15N5O. The molecule has 0 aliphatic rings. The summed E-state index contributed by atoms with van der Waals surface area (Å²) in [5.41, 5.74) is 1.98. The van der Waals surface area contributed by atoms with Crippen LogP contribution in [0, 0.1) is 13.8 Å². The van der Waals surface area contributed by atoms with Gasteiger partial charge in [0.05, 0.1) is 30.9 Å². The van der Waals surface area contributed by atoms with Gasteiger partial charge in [0.15, 0.2) is 5.82 Å². The van der Waals surface area contributed by atoms with Crippen LogP contribution < -0.4 is 5.32 Å². The van der Waals surface area contributed by atoms with Crippen molar-refractivity contribution in [2.24, 2.45) is 0 Å². The number of furan rings is 1. The van der Waals surface area contributed by atoms with Gasteiger partial charge in [-0.1, -0.05) is 0 Å². The fraction of sp³-hybridized carbons (Fsp3) is 0.214. The molecule has 0 aromatic carbocycles. The molecule has 0 spiro atoms. The number of aryl methyl sites for hydroxylation is 2. The van der Waals surface area contributed by atoms with E-state index in [1.165, 1.54) is 0 Å². The molecule has 0 radical (unpaired) electrons. The first kappa shape index (κ1) is 12.4. The van der Waals surface area contributed by atoms with Gasteiger partial charge in [0.25, 0.3) is 0 Å². The normalized spacial score (nSPS) is 10.7. The maximum Gasteiger partial charge on any atom is 0.174 e. The molecule has 0 aliphatic carbocycles. The molecule has 0 aliphatic heterocycles. The molecule has 3 rings (SSSR count). The van der Waals surface area contributed by atoms with Gasteiger partial charge in [0, 0.05) is 5.69 Å². The van der Waals surface area contributed by atoms with Crippen LogP contribution in [-0.4, -0.2) is 19.7 Å². The lowest BCUT2D eigenvalue weighted by Gasteiger charge is -2.06. The summed E-state index contributed by atoms with van der Waals surface area (Å²) in [6.07, 6.45) is 5.02. The van der Waals surface area contributed by atoms with E-state index in [0.29, 0.717) is 18.2 Å². The standard InChI is InChI=1S/C14H15N5O/c1-10-6-11(2)19(18-10)14-9-15-8-13(17-14)16-7-12-4-3-5-20-12/h3-6,8-9H,7H2,1-2H3,(H,16,17). The van der Waals surface area contributed by atoms with E-state index in [0.717, 1.165) is 17.1 Å². The number of nitrogens with zero attached hydrogens (tertiary/aromatic N) is 4. The maximum absolute atomic E-state index is 5.26. The smallest absolute Gasteiger partial charge is 0.174 e. The van der Waals surface area contributed by atoms with Crippen molar-refractivity contribution in [1.29, 1.82) is 0 Å². The molecule has 0 saturated carbocycles. The number of hydrogen-bond acceptors (Lipinski definition) is 5. The fourth-order valence-corrected chi connectivity index (χ4v) is 1.99. The van der Waals surface area contributed by atoms with Crippen molar-refractivity contribution < 1.29 is 4.42 Å². The van der Waals surface area contributed by atoms with E-state index in [1.54, 1.807) is 23.3 Å². The van der Waals surface area contributed by atoms with Gasteiger partial charge >= 0.3 is 0 Å². The number of nitrogens with one attached hydrogen (secondary N) is 1. The van der Waals surface area contributed by atoms with Gasteiger partial charge in [0.2, 0.25) is 0 Å². The summed E-state index contributed by atoms with van der Waals surface area (Å²) >= 11 is 0. The largest absolute Gasteiger partial charge is 0.467 e. The van der Waals surface area contributed by atoms with Crippen molar-refractivity contribution in [3.8, 4) is 5.82 Å². The van der Waals surface area contributed by atoms with Crippen LogP contribution in [-0.2, 0) is 6.54 Å². The van der Waals surface area contributed by atoms with Crippen LogP contribution in [0.15, 0.2) is 41.3 Å². The van der Waals surface area contributed by atoms with Crippen molar-refractivity contribution in [2.75, 3.05) is 5.32 Å². The monoisotopic (exact) mass is 269 g/mol. The zero-order valence-corrected chi connectivity index (χ0v) is 11.4. The molecule has 3 aromatic heterocycles. The predicted molar refractivity (Wildman–Crippen MR) is 74.7 cm³/mol. The van der Waals surface area contributed by atoms with Gasteiger partial charge in [0.1, 0.15) is 11.6 Å². The molecule has 3 aromatic rings. The molecule has 1 N–H and O–H groups in total. The highest BCUT2D eigenvalue weighted by Crippen LogP contribution is 2.12. The fourth-order valence-electron chi connectivity index (χ4n) is 1.99. The zero-order valence-electron chi connectivity index (χ0n) is 11.4. The molecule has 102 valence electrons. The van der Waals surface area contributed by atoms with Gasteiger partial charge in [-0.3, -0.25) is 4.98 Å². The van der Waals surface area contributed by atoms with Crippen molar-refractivity contribution in [1.82, 2.24) is 19.7 Å². The molecule has 3 heterocycles. The van der Waals surface area contributed by atoms with Crippen LogP contribution >= 0.6 is 0 Å². The van der Waals surface area contributed by atoms with E-state index in [2.05, 4.69) is 20.4 Å². The van der Waals surface area contributed by atoms with E-state index in [4.69, 9.17) is 4.42 Å². The van der Waals surface area contributed by atoms with Crippen LogP contribution in [0.5, 0.6) is 0 Å². The Hall–Kier alpha value is -2.63. The van der Waals surface area contributed by atoms with Crippen molar-refractivity contribution in [2.45, 2.75) is 20.4 Å². The first-order valence-electron chi connectivity index (χ1n) is 6.34. The third-order valence-electron chi connectivity index (χ3n) is 2.87. The zero-order chi connectivity index (χ0) is 13.9. The Morgan fingerprint density at radius 3 is 2.90 bits per heavy atom. The quantitative estimate of drug-likeness (QED) is 0.788. The third-order valence-corrected chi connectivity index (χ3v) is 2.87. The topological polar surface area (TPSA) is 68.8 Å². The molecule has 0 bridgehead atoms. The van der Waals surface area contributed by atoms with Crippen molar-refractivity contribution >= 4 is 5.82 Å². The highest BCUT2D eigenvalue weighted by molar-refractivity contribution is 5.36.